The number of rotatable bonds is 6. The fraction of sp³-hybridized carbons (Fsp3) is 0.286. The second-order valence-electron chi connectivity index (χ2n) is 6.63. The van der Waals surface area contributed by atoms with Crippen LogP contribution in [0.15, 0.2) is 42.7 Å². The van der Waals surface area contributed by atoms with Crippen molar-refractivity contribution in [2.24, 2.45) is 0 Å². The summed E-state index contributed by atoms with van der Waals surface area (Å²) in [4.78, 5) is 4.08. The Morgan fingerprint density at radius 2 is 1.76 bits per heavy atom. The van der Waals surface area contributed by atoms with Crippen molar-refractivity contribution in [3.05, 3.63) is 76.9 Å². The molecule has 0 atom stereocenters. The lowest BCUT2D eigenvalue weighted by atomic mass is 10.1. The lowest BCUT2D eigenvalue weighted by molar-refractivity contribution is -0.138. The lowest BCUT2D eigenvalue weighted by Gasteiger charge is -2.15. The van der Waals surface area contributed by atoms with Gasteiger partial charge in [-0.1, -0.05) is 13.3 Å². The second-order valence-corrected chi connectivity index (χ2v) is 6.63. The van der Waals surface area contributed by atoms with Gasteiger partial charge in [-0.2, -0.15) is 13.2 Å². The number of benzene rings is 1. The summed E-state index contributed by atoms with van der Waals surface area (Å²) in [6.07, 6.45) is -0.823. The molecule has 3 rings (SSSR count). The van der Waals surface area contributed by atoms with E-state index in [1.165, 1.54) is 17.0 Å². The van der Waals surface area contributed by atoms with Crippen molar-refractivity contribution < 1.29 is 26.7 Å². The summed E-state index contributed by atoms with van der Waals surface area (Å²) in [6, 6.07) is 6.42. The van der Waals surface area contributed by atoms with Crippen LogP contribution in [0.1, 0.15) is 35.9 Å². The number of alkyl halides is 3. The summed E-state index contributed by atoms with van der Waals surface area (Å²) in [6.45, 7) is 2.95. The van der Waals surface area contributed by atoms with E-state index in [0.29, 0.717) is 29.8 Å². The highest BCUT2D eigenvalue weighted by atomic mass is 19.4. The first-order valence-electron chi connectivity index (χ1n) is 9.02. The van der Waals surface area contributed by atoms with Crippen molar-refractivity contribution in [1.29, 1.82) is 0 Å². The lowest BCUT2D eigenvalue weighted by Crippen LogP contribution is -2.13. The minimum atomic E-state index is -4.65. The summed E-state index contributed by atoms with van der Waals surface area (Å²) in [5.74, 6) is -2.60. The van der Waals surface area contributed by atoms with Crippen LogP contribution >= 0.6 is 0 Å². The molecular formula is C21H19F5N2O. The van der Waals surface area contributed by atoms with Gasteiger partial charge in [-0.05, 0) is 49.2 Å². The van der Waals surface area contributed by atoms with Gasteiger partial charge in [0.25, 0.3) is 0 Å². The van der Waals surface area contributed by atoms with Crippen molar-refractivity contribution in [1.82, 2.24) is 9.55 Å². The molecule has 154 valence electrons. The van der Waals surface area contributed by atoms with Gasteiger partial charge in [-0.25, -0.2) is 8.78 Å². The summed E-state index contributed by atoms with van der Waals surface area (Å²) < 4.78 is 75.2. The Balaban J connectivity index is 1.96. The molecule has 0 unspecified atom stereocenters. The van der Waals surface area contributed by atoms with E-state index in [0.717, 1.165) is 18.2 Å². The van der Waals surface area contributed by atoms with E-state index in [2.05, 4.69) is 4.98 Å². The van der Waals surface area contributed by atoms with E-state index in [1.54, 1.807) is 19.1 Å². The molecule has 0 fully saturated rings. The highest BCUT2D eigenvalue weighted by Crippen LogP contribution is 2.35. The van der Waals surface area contributed by atoms with Crippen LogP contribution in [0.2, 0.25) is 0 Å². The summed E-state index contributed by atoms with van der Waals surface area (Å²) >= 11 is 0. The molecule has 8 heteroatoms. The number of pyridine rings is 1. The van der Waals surface area contributed by atoms with Crippen LogP contribution in [0.5, 0.6) is 5.75 Å². The van der Waals surface area contributed by atoms with Crippen molar-refractivity contribution in [2.45, 2.75) is 39.5 Å². The Kier molecular flexibility index (Phi) is 5.91. The molecule has 0 radical (unpaired) electrons. The van der Waals surface area contributed by atoms with E-state index in [1.807, 2.05) is 6.92 Å². The first kappa shape index (κ1) is 20.8. The molecule has 0 saturated heterocycles. The molecule has 0 aliphatic heterocycles. The number of aryl methyl sites for hydroxylation is 2. The third-order valence-corrected chi connectivity index (χ3v) is 4.42. The van der Waals surface area contributed by atoms with Crippen LogP contribution < -0.4 is 4.74 Å². The first-order valence-corrected chi connectivity index (χ1v) is 9.02. The van der Waals surface area contributed by atoms with Gasteiger partial charge in [0.15, 0.2) is 17.4 Å². The maximum absolute atomic E-state index is 14.3. The van der Waals surface area contributed by atoms with Gasteiger partial charge < -0.3 is 9.30 Å². The largest absolute Gasteiger partial charge is 0.481 e. The zero-order valence-corrected chi connectivity index (χ0v) is 15.9. The summed E-state index contributed by atoms with van der Waals surface area (Å²) in [7, 11) is 0. The topological polar surface area (TPSA) is 27.1 Å². The van der Waals surface area contributed by atoms with Gasteiger partial charge in [-0.15, -0.1) is 0 Å². The van der Waals surface area contributed by atoms with Crippen LogP contribution in [-0.4, -0.2) is 9.55 Å². The number of halogens is 5. The molecule has 2 heterocycles. The molecular weight excluding hydrogens is 391 g/mol. The van der Waals surface area contributed by atoms with E-state index >= 15 is 0 Å². The van der Waals surface area contributed by atoms with Crippen LogP contribution in [-0.2, 0) is 19.2 Å². The second kappa shape index (κ2) is 8.23. The molecule has 0 bridgehead atoms. The Morgan fingerprint density at radius 3 is 2.31 bits per heavy atom. The predicted octanol–water partition coefficient (Wildman–Crippen LogP) is 6.01. The molecule has 3 nitrogen and oxygen atoms in total. The molecule has 0 N–H and O–H groups in total. The van der Waals surface area contributed by atoms with Gasteiger partial charge in [0.2, 0.25) is 0 Å². The monoisotopic (exact) mass is 410 g/mol. The molecule has 1 aromatic carbocycles. The number of ether oxygens (including phenoxy) is 1. The minimum Gasteiger partial charge on any atom is -0.481 e. The third-order valence-electron chi connectivity index (χ3n) is 4.42. The Hall–Kier alpha value is -2.90. The first-order chi connectivity index (χ1) is 13.7. The fourth-order valence-corrected chi connectivity index (χ4v) is 3.04. The Bertz CT molecular complexity index is 970. The van der Waals surface area contributed by atoms with Crippen molar-refractivity contribution in [2.75, 3.05) is 0 Å². The molecule has 2 aromatic heterocycles. The normalized spacial score (nSPS) is 11.7. The Morgan fingerprint density at radius 1 is 1.07 bits per heavy atom. The average molecular weight is 410 g/mol. The molecule has 0 aliphatic carbocycles. The van der Waals surface area contributed by atoms with Crippen LogP contribution in [0.4, 0.5) is 22.0 Å². The quantitative estimate of drug-likeness (QED) is 0.466. The van der Waals surface area contributed by atoms with Crippen molar-refractivity contribution in [3.8, 4) is 11.4 Å². The Labute approximate surface area is 164 Å². The van der Waals surface area contributed by atoms with E-state index in [-0.39, 0.29) is 5.69 Å². The molecule has 0 spiro atoms. The molecule has 3 aromatic rings. The fourth-order valence-electron chi connectivity index (χ4n) is 3.04. The highest BCUT2D eigenvalue weighted by Gasteiger charge is 2.36. The zero-order chi connectivity index (χ0) is 21.2. The SMILES string of the molecule is CCCc1cc(F)c(OCc2c(C(F)(F)F)ccn2-c2ccc(C)nc2)c(F)c1. The molecule has 0 aliphatic rings. The molecule has 0 amide bonds. The molecule has 0 saturated carbocycles. The third kappa shape index (κ3) is 4.58. The zero-order valence-electron chi connectivity index (χ0n) is 15.9. The summed E-state index contributed by atoms with van der Waals surface area (Å²) in [5, 5.41) is 0. The van der Waals surface area contributed by atoms with Gasteiger partial charge in [0.05, 0.1) is 23.1 Å². The van der Waals surface area contributed by atoms with Crippen molar-refractivity contribution in [3.63, 3.8) is 0 Å². The average Bonchev–Trinajstić information content (AvgIpc) is 3.06. The predicted molar refractivity (Wildman–Crippen MR) is 98.0 cm³/mol. The number of hydrogen-bond acceptors (Lipinski definition) is 2. The van der Waals surface area contributed by atoms with E-state index < -0.39 is 35.7 Å². The van der Waals surface area contributed by atoms with Gasteiger partial charge in [0, 0.05) is 11.9 Å². The molecule has 29 heavy (non-hydrogen) atoms. The van der Waals surface area contributed by atoms with Crippen LogP contribution in [0.25, 0.3) is 5.69 Å². The van der Waals surface area contributed by atoms with E-state index in [4.69, 9.17) is 4.74 Å². The number of nitrogens with zero attached hydrogens (tertiary/aromatic N) is 2. The van der Waals surface area contributed by atoms with Crippen molar-refractivity contribution >= 4 is 0 Å². The standard InChI is InChI=1S/C21H19F5N2O/c1-3-4-14-9-17(22)20(18(23)10-14)29-12-19-16(21(24,25)26)7-8-28(19)15-6-5-13(2)27-11-15/h5-11H,3-4,12H2,1-2H3. The highest BCUT2D eigenvalue weighted by molar-refractivity contribution is 5.39. The van der Waals surface area contributed by atoms with Crippen LogP contribution in [0.3, 0.4) is 0 Å². The number of aromatic nitrogens is 2. The summed E-state index contributed by atoms with van der Waals surface area (Å²) in [5.41, 5.74) is 0.316. The van der Waals surface area contributed by atoms with Crippen LogP contribution in [0, 0.1) is 18.6 Å². The number of hydrogen-bond donors (Lipinski definition) is 0. The van der Waals surface area contributed by atoms with Gasteiger partial charge >= 0.3 is 6.18 Å². The van der Waals surface area contributed by atoms with Gasteiger partial charge in [-0.3, -0.25) is 4.98 Å². The maximum Gasteiger partial charge on any atom is 0.418 e. The minimum absolute atomic E-state index is 0.278. The maximum atomic E-state index is 14.3. The smallest absolute Gasteiger partial charge is 0.418 e. The van der Waals surface area contributed by atoms with E-state index in [9.17, 15) is 22.0 Å². The van der Waals surface area contributed by atoms with Gasteiger partial charge in [0.1, 0.15) is 6.61 Å².